The van der Waals surface area contributed by atoms with Crippen LogP contribution < -0.4 is 0 Å². The van der Waals surface area contributed by atoms with Gasteiger partial charge in [0.15, 0.2) is 0 Å². The highest BCUT2D eigenvalue weighted by atomic mass is 32.2. The summed E-state index contributed by atoms with van der Waals surface area (Å²) in [6, 6.07) is 8.45. The molecule has 1 aromatic carbocycles. The Morgan fingerprint density at radius 1 is 1.38 bits per heavy atom. The third kappa shape index (κ3) is 1.61. The number of ether oxygens (including phenoxy) is 1. The Balaban J connectivity index is 2.39. The van der Waals surface area contributed by atoms with E-state index in [1.54, 1.807) is 0 Å². The maximum absolute atomic E-state index is 5.77. The SMILES string of the molecule is Cc1ccccc1C1(C)OCCS1. The first-order valence-corrected chi connectivity index (χ1v) is 5.55. The zero-order chi connectivity index (χ0) is 9.31. The molecular weight excluding hydrogens is 180 g/mol. The van der Waals surface area contributed by atoms with Crippen LogP contribution in [0.15, 0.2) is 24.3 Å². The highest BCUT2D eigenvalue weighted by Gasteiger charge is 2.33. The molecule has 0 N–H and O–H groups in total. The van der Waals surface area contributed by atoms with Crippen molar-refractivity contribution in [2.24, 2.45) is 0 Å². The van der Waals surface area contributed by atoms with E-state index in [4.69, 9.17) is 4.74 Å². The molecule has 0 aromatic heterocycles. The molecular formula is C11H14OS. The predicted molar refractivity (Wildman–Crippen MR) is 56.9 cm³/mol. The van der Waals surface area contributed by atoms with Crippen LogP contribution in [0.25, 0.3) is 0 Å². The van der Waals surface area contributed by atoms with Crippen LogP contribution in [0.4, 0.5) is 0 Å². The van der Waals surface area contributed by atoms with Gasteiger partial charge in [-0.2, -0.15) is 0 Å². The van der Waals surface area contributed by atoms with E-state index in [1.165, 1.54) is 11.1 Å². The fraction of sp³-hybridized carbons (Fsp3) is 0.455. The van der Waals surface area contributed by atoms with Gasteiger partial charge in [-0.1, -0.05) is 24.3 Å². The molecule has 1 aliphatic rings. The minimum absolute atomic E-state index is 0.106. The number of hydrogen-bond acceptors (Lipinski definition) is 2. The van der Waals surface area contributed by atoms with Gasteiger partial charge < -0.3 is 4.74 Å². The van der Waals surface area contributed by atoms with Gasteiger partial charge in [-0.05, 0) is 25.0 Å². The van der Waals surface area contributed by atoms with Gasteiger partial charge in [0.05, 0.1) is 6.61 Å². The van der Waals surface area contributed by atoms with Crippen molar-refractivity contribution in [1.82, 2.24) is 0 Å². The van der Waals surface area contributed by atoms with Crippen molar-refractivity contribution in [2.75, 3.05) is 12.4 Å². The summed E-state index contributed by atoms with van der Waals surface area (Å²) >= 11 is 1.89. The third-order valence-corrected chi connectivity index (χ3v) is 3.73. The molecule has 1 saturated heterocycles. The van der Waals surface area contributed by atoms with Gasteiger partial charge >= 0.3 is 0 Å². The maximum atomic E-state index is 5.77. The van der Waals surface area contributed by atoms with E-state index < -0.39 is 0 Å². The van der Waals surface area contributed by atoms with Crippen molar-refractivity contribution in [3.8, 4) is 0 Å². The highest BCUT2D eigenvalue weighted by Crippen LogP contribution is 2.42. The zero-order valence-corrected chi connectivity index (χ0v) is 8.86. The number of benzene rings is 1. The highest BCUT2D eigenvalue weighted by molar-refractivity contribution is 8.00. The van der Waals surface area contributed by atoms with E-state index in [1.807, 2.05) is 11.8 Å². The molecule has 1 atom stereocenters. The molecule has 0 bridgehead atoms. The lowest BCUT2D eigenvalue weighted by atomic mass is 10.0. The minimum Gasteiger partial charge on any atom is -0.359 e. The molecule has 1 heterocycles. The standard InChI is InChI=1S/C11H14OS/c1-9-5-3-4-6-10(9)11(2)12-7-8-13-11/h3-6H,7-8H2,1-2H3. The van der Waals surface area contributed by atoms with Gasteiger partial charge in [0.25, 0.3) is 0 Å². The van der Waals surface area contributed by atoms with Gasteiger partial charge in [0, 0.05) is 5.75 Å². The fourth-order valence-electron chi connectivity index (χ4n) is 1.75. The second-order valence-corrected chi connectivity index (χ2v) is 4.93. The van der Waals surface area contributed by atoms with E-state index in [0.29, 0.717) is 0 Å². The molecule has 1 nitrogen and oxygen atoms in total. The summed E-state index contributed by atoms with van der Waals surface area (Å²) in [5.41, 5.74) is 2.64. The molecule has 13 heavy (non-hydrogen) atoms. The van der Waals surface area contributed by atoms with Crippen LogP contribution in [0.1, 0.15) is 18.1 Å². The van der Waals surface area contributed by atoms with Gasteiger partial charge in [0.2, 0.25) is 0 Å². The first-order valence-electron chi connectivity index (χ1n) is 4.56. The van der Waals surface area contributed by atoms with Crippen molar-refractivity contribution in [3.63, 3.8) is 0 Å². The minimum atomic E-state index is -0.106. The summed E-state index contributed by atoms with van der Waals surface area (Å²) in [6.07, 6.45) is 0. The van der Waals surface area contributed by atoms with E-state index >= 15 is 0 Å². The Hall–Kier alpha value is -0.470. The van der Waals surface area contributed by atoms with E-state index in [-0.39, 0.29) is 4.93 Å². The predicted octanol–water partition coefficient (Wildman–Crippen LogP) is 2.93. The monoisotopic (exact) mass is 194 g/mol. The molecule has 0 spiro atoms. The molecule has 1 fully saturated rings. The molecule has 70 valence electrons. The Labute approximate surface area is 83.5 Å². The van der Waals surface area contributed by atoms with Gasteiger partial charge in [-0.25, -0.2) is 0 Å². The Morgan fingerprint density at radius 2 is 2.15 bits per heavy atom. The fourth-order valence-corrected chi connectivity index (χ4v) is 2.86. The van der Waals surface area contributed by atoms with Crippen LogP contribution in [0.5, 0.6) is 0 Å². The maximum Gasteiger partial charge on any atom is 0.136 e. The average molecular weight is 194 g/mol. The van der Waals surface area contributed by atoms with Crippen LogP contribution in [-0.2, 0) is 9.67 Å². The van der Waals surface area contributed by atoms with Crippen LogP contribution >= 0.6 is 11.8 Å². The van der Waals surface area contributed by atoms with Crippen LogP contribution in [0.3, 0.4) is 0 Å². The molecule has 0 amide bonds. The Morgan fingerprint density at radius 3 is 2.77 bits per heavy atom. The van der Waals surface area contributed by atoms with Crippen LogP contribution in [-0.4, -0.2) is 12.4 Å². The molecule has 1 aliphatic heterocycles. The second kappa shape index (κ2) is 3.35. The van der Waals surface area contributed by atoms with Crippen molar-refractivity contribution >= 4 is 11.8 Å². The van der Waals surface area contributed by atoms with Crippen molar-refractivity contribution in [2.45, 2.75) is 18.8 Å². The topological polar surface area (TPSA) is 9.23 Å². The number of thioether (sulfide) groups is 1. The first-order chi connectivity index (χ1) is 6.22. The van der Waals surface area contributed by atoms with E-state index in [0.717, 1.165) is 12.4 Å². The number of rotatable bonds is 1. The largest absolute Gasteiger partial charge is 0.359 e. The third-order valence-electron chi connectivity index (χ3n) is 2.47. The summed E-state index contributed by atoms with van der Waals surface area (Å²) in [5, 5.41) is 0. The number of aryl methyl sites for hydroxylation is 1. The van der Waals surface area contributed by atoms with Crippen LogP contribution in [0, 0.1) is 6.92 Å². The summed E-state index contributed by atoms with van der Waals surface area (Å²) in [7, 11) is 0. The lowest BCUT2D eigenvalue weighted by Crippen LogP contribution is -2.17. The second-order valence-electron chi connectivity index (χ2n) is 3.46. The first kappa shape index (κ1) is 9.10. The summed E-state index contributed by atoms with van der Waals surface area (Å²) < 4.78 is 5.77. The molecule has 1 aromatic rings. The molecule has 2 rings (SSSR count). The molecule has 1 unspecified atom stereocenters. The van der Waals surface area contributed by atoms with E-state index in [2.05, 4.69) is 38.1 Å². The van der Waals surface area contributed by atoms with Crippen molar-refractivity contribution < 1.29 is 4.74 Å². The van der Waals surface area contributed by atoms with Crippen LogP contribution in [0.2, 0.25) is 0 Å². The van der Waals surface area contributed by atoms with Crippen molar-refractivity contribution in [1.29, 1.82) is 0 Å². The molecule has 0 radical (unpaired) electrons. The quantitative estimate of drug-likeness (QED) is 0.680. The molecule has 0 saturated carbocycles. The summed E-state index contributed by atoms with van der Waals surface area (Å²) in [4.78, 5) is -0.106. The lowest BCUT2D eigenvalue weighted by Gasteiger charge is -2.24. The van der Waals surface area contributed by atoms with Crippen molar-refractivity contribution in [3.05, 3.63) is 35.4 Å². The number of hydrogen-bond donors (Lipinski definition) is 0. The van der Waals surface area contributed by atoms with E-state index in [9.17, 15) is 0 Å². The van der Waals surface area contributed by atoms with Gasteiger partial charge in [-0.3, -0.25) is 0 Å². The molecule has 0 aliphatic carbocycles. The smallest absolute Gasteiger partial charge is 0.136 e. The van der Waals surface area contributed by atoms with Gasteiger partial charge in [-0.15, -0.1) is 11.8 Å². The van der Waals surface area contributed by atoms with Gasteiger partial charge in [0.1, 0.15) is 4.93 Å². The zero-order valence-electron chi connectivity index (χ0n) is 8.04. The normalized spacial score (nSPS) is 27.8. The molecule has 2 heteroatoms. The summed E-state index contributed by atoms with van der Waals surface area (Å²) in [6.45, 7) is 5.17. The average Bonchev–Trinajstić information content (AvgIpc) is 2.54. The lowest BCUT2D eigenvalue weighted by molar-refractivity contribution is 0.0639. The Kier molecular flexibility index (Phi) is 2.35. The Bertz CT molecular complexity index is 303. The summed E-state index contributed by atoms with van der Waals surface area (Å²) in [5.74, 6) is 1.10.